The molecular weight excluding hydrogens is 305 g/mol. The van der Waals surface area contributed by atoms with E-state index in [9.17, 15) is 18.0 Å². The van der Waals surface area contributed by atoms with E-state index in [2.05, 4.69) is 4.98 Å². The number of aromatic nitrogens is 2. The van der Waals surface area contributed by atoms with Crippen LogP contribution in [-0.2, 0) is 6.18 Å². The first-order valence-electron chi connectivity index (χ1n) is 5.75. The summed E-state index contributed by atoms with van der Waals surface area (Å²) in [6.07, 6.45) is 0.339. The van der Waals surface area contributed by atoms with Crippen molar-refractivity contribution in [2.45, 2.75) is 6.18 Å². The molecule has 0 radical (unpaired) electrons. The first-order valence-corrected chi connectivity index (χ1v) is 6.63. The summed E-state index contributed by atoms with van der Waals surface area (Å²) in [5, 5.41) is 1.62. The summed E-state index contributed by atoms with van der Waals surface area (Å²) in [5.74, 6) is -0.454. The Kier molecular flexibility index (Phi) is 3.17. The van der Waals surface area contributed by atoms with Crippen LogP contribution < -0.4 is 0 Å². The molecule has 0 bridgehead atoms. The molecule has 0 aliphatic heterocycles. The van der Waals surface area contributed by atoms with Gasteiger partial charge in [0.25, 0.3) is 0 Å². The van der Waals surface area contributed by atoms with Gasteiger partial charge in [-0.15, -0.1) is 11.3 Å². The lowest BCUT2D eigenvalue weighted by atomic mass is 10.2. The number of hydrogen-bond donors (Lipinski definition) is 0. The number of imidazole rings is 1. The lowest BCUT2D eigenvalue weighted by Crippen LogP contribution is -2.08. The third-order valence-electron chi connectivity index (χ3n) is 2.72. The van der Waals surface area contributed by atoms with E-state index in [1.165, 1.54) is 29.0 Å². The third-order valence-corrected chi connectivity index (χ3v) is 3.48. The van der Waals surface area contributed by atoms with Crippen LogP contribution in [0.25, 0.3) is 11.0 Å². The van der Waals surface area contributed by atoms with E-state index in [1.54, 1.807) is 5.38 Å². The molecule has 0 atom stereocenters. The lowest BCUT2D eigenvalue weighted by Gasteiger charge is -2.03. The SMILES string of the molecule is O=C(C=Cc1c(C(F)(F)F)nc2sccn12)c1ccco1. The molecule has 0 fully saturated rings. The average molecular weight is 312 g/mol. The molecule has 0 amide bonds. The summed E-state index contributed by atoms with van der Waals surface area (Å²) in [6, 6.07) is 2.96. The molecule has 3 rings (SSSR count). The zero-order valence-corrected chi connectivity index (χ0v) is 11.1. The van der Waals surface area contributed by atoms with Crippen LogP contribution in [0.5, 0.6) is 0 Å². The van der Waals surface area contributed by atoms with Gasteiger partial charge in [-0.3, -0.25) is 9.20 Å². The maximum atomic E-state index is 13.0. The number of allylic oxidation sites excluding steroid dienone is 1. The third kappa shape index (κ3) is 2.49. The number of carbonyl (C=O) groups excluding carboxylic acids is 1. The van der Waals surface area contributed by atoms with Gasteiger partial charge in [0, 0.05) is 11.6 Å². The van der Waals surface area contributed by atoms with E-state index in [0.29, 0.717) is 0 Å². The molecule has 21 heavy (non-hydrogen) atoms. The van der Waals surface area contributed by atoms with Gasteiger partial charge in [0.1, 0.15) is 0 Å². The number of alkyl halides is 3. The molecule has 4 nitrogen and oxygen atoms in total. The van der Waals surface area contributed by atoms with E-state index in [4.69, 9.17) is 4.42 Å². The van der Waals surface area contributed by atoms with Crippen molar-refractivity contribution in [3.05, 3.63) is 53.2 Å². The van der Waals surface area contributed by atoms with Crippen LogP contribution in [0.15, 0.2) is 40.5 Å². The number of furan rings is 1. The van der Waals surface area contributed by atoms with Gasteiger partial charge in [-0.25, -0.2) is 4.98 Å². The van der Waals surface area contributed by atoms with Crippen molar-refractivity contribution < 1.29 is 22.4 Å². The molecule has 0 saturated heterocycles. The Hall–Kier alpha value is -2.35. The number of carbonyl (C=O) groups is 1. The van der Waals surface area contributed by atoms with Gasteiger partial charge in [-0.2, -0.15) is 13.2 Å². The van der Waals surface area contributed by atoms with Gasteiger partial charge in [-0.05, 0) is 24.3 Å². The van der Waals surface area contributed by atoms with Gasteiger partial charge < -0.3 is 4.42 Å². The summed E-state index contributed by atoms with van der Waals surface area (Å²) < 4.78 is 45.0. The second kappa shape index (κ2) is 4.88. The van der Waals surface area contributed by atoms with E-state index >= 15 is 0 Å². The summed E-state index contributed by atoms with van der Waals surface area (Å²) in [6.45, 7) is 0. The first-order chi connectivity index (χ1) is 9.97. The molecule has 3 heterocycles. The van der Waals surface area contributed by atoms with Crippen molar-refractivity contribution in [3.8, 4) is 0 Å². The maximum Gasteiger partial charge on any atom is 0.435 e. The monoisotopic (exact) mass is 312 g/mol. The van der Waals surface area contributed by atoms with Gasteiger partial charge in [-0.1, -0.05) is 0 Å². The fourth-order valence-electron chi connectivity index (χ4n) is 1.83. The molecule has 0 unspecified atom stereocenters. The molecule has 108 valence electrons. The summed E-state index contributed by atoms with van der Waals surface area (Å²) in [5.41, 5.74) is -1.20. The largest absolute Gasteiger partial charge is 0.461 e. The zero-order chi connectivity index (χ0) is 15.0. The Labute approximate surface area is 120 Å². The number of thiazole rings is 1. The minimum atomic E-state index is -4.58. The van der Waals surface area contributed by atoms with E-state index in [0.717, 1.165) is 23.5 Å². The van der Waals surface area contributed by atoms with Gasteiger partial charge >= 0.3 is 6.18 Å². The van der Waals surface area contributed by atoms with Gasteiger partial charge in [0.05, 0.1) is 12.0 Å². The number of hydrogen-bond acceptors (Lipinski definition) is 4. The normalized spacial score (nSPS) is 12.5. The molecule has 0 aliphatic carbocycles. The highest BCUT2D eigenvalue weighted by atomic mass is 32.1. The molecule has 0 aliphatic rings. The molecule has 3 aromatic rings. The van der Waals surface area contributed by atoms with E-state index in [-0.39, 0.29) is 16.4 Å². The number of rotatable bonds is 3. The van der Waals surface area contributed by atoms with E-state index in [1.807, 2.05) is 0 Å². The highest BCUT2D eigenvalue weighted by Crippen LogP contribution is 2.33. The number of fused-ring (bicyclic) bond motifs is 1. The van der Waals surface area contributed by atoms with Crippen molar-refractivity contribution in [2.75, 3.05) is 0 Å². The Bertz CT molecular complexity index is 812. The van der Waals surface area contributed by atoms with E-state index < -0.39 is 17.7 Å². The smallest absolute Gasteiger partial charge is 0.435 e. The summed E-state index contributed by atoms with van der Waals surface area (Å²) in [4.78, 5) is 15.5. The van der Waals surface area contributed by atoms with Gasteiger partial charge in [0.2, 0.25) is 5.78 Å². The number of nitrogens with zero attached hydrogens (tertiary/aromatic N) is 2. The van der Waals surface area contributed by atoms with Crippen molar-refractivity contribution in [1.82, 2.24) is 9.38 Å². The lowest BCUT2D eigenvalue weighted by molar-refractivity contribution is -0.140. The van der Waals surface area contributed by atoms with Gasteiger partial charge in [0.15, 0.2) is 16.4 Å². The minimum Gasteiger partial charge on any atom is -0.461 e. The summed E-state index contributed by atoms with van der Waals surface area (Å²) in [7, 11) is 0. The van der Waals surface area contributed by atoms with Crippen LogP contribution >= 0.6 is 11.3 Å². The van der Waals surface area contributed by atoms with Crippen molar-refractivity contribution >= 4 is 28.2 Å². The number of ketones is 1. The molecule has 8 heteroatoms. The number of halogens is 3. The fraction of sp³-hybridized carbons (Fsp3) is 0.0769. The van der Waals surface area contributed by atoms with Crippen LogP contribution in [0.2, 0.25) is 0 Å². The Balaban J connectivity index is 2.03. The zero-order valence-electron chi connectivity index (χ0n) is 10.3. The maximum absolute atomic E-state index is 13.0. The van der Waals surface area contributed by atoms with Crippen LogP contribution in [0.1, 0.15) is 21.9 Å². The standard InChI is InChI=1S/C13H7F3N2O2S/c14-13(15,16)11-8(18-5-7-21-12(18)17-11)3-4-9(19)10-2-1-6-20-10/h1-7H. The van der Waals surface area contributed by atoms with Crippen LogP contribution in [0.4, 0.5) is 13.2 Å². The predicted molar refractivity (Wildman–Crippen MR) is 70.1 cm³/mol. The van der Waals surface area contributed by atoms with Crippen LogP contribution in [0, 0.1) is 0 Å². The second-order valence-corrected chi connectivity index (χ2v) is 4.95. The highest BCUT2D eigenvalue weighted by molar-refractivity contribution is 7.15. The highest BCUT2D eigenvalue weighted by Gasteiger charge is 2.37. The molecule has 0 aromatic carbocycles. The quantitative estimate of drug-likeness (QED) is 0.544. The average Bonchev–Trinajstić information content (AvgIpc) is 3.11. The summed E-state index contributed by atoms with van der Waals surface area (Å²) >= 11 is 1.08. The predicted octanol–water partition coefficient (Wildman–Crippen LogP) is 3.90. The van der Waals surface area contributed by atoms with Crippen molar-refractivity contribution in [2.24, 2.45) is 0 Å². The molecular formula is C13H7F3N2O2S. The molecule has 0 spiro atoms. The Morgan fingerprint density at radius 2 is 2.24 bits per heavy atom. The minimum absolute atomic E-state index is 0.0610. The molecule has 0 saturated carbocycles. The van der Waals surface area contributed by atoms with Crippen molar-refractivity contribution in [1.29, 1.82) is 0 Å². The van der Waals surface area contributed by atoms with Crippen molar-refractivity contribution in [3.63, 3.8) is 0 Å². The molecule has 0 N–H and O–H groups in total. The molecule has 3 aromatic heterocycles. The Morgan fingerprint density at radius 3 is 2.90 bits per heavy atom. The van der Waals surface area contributed by atoms with Crippen LogP contribution in [-0.4, -0.2) is 15.2 Å². The second-order valence-electron chi connectivity index (χ2n) is 4.07. The Morgan fingerprint density at radius 1 is 1.43 bits per heavy atom. The van der Waals surface area contributed by atoms with Crippen LogP contribution in [0.3, 0.4) is 0 Å². The fourth-order valence-corrected chi connectivity index (χ4v) is 2.55. The first kappa shape index (κ1) is 13.6. The topological polar surface area (TPSA) is 47.5 Å².